The zero-order valence-electron chi connectivity index (χ0n) is 7.22. The second kappa shape index (κ2) is 3.60. The number of phenolic OH excluding ortho intramolecular Hbond substituents is 1. The highest BCUT2D eigenvalue weighted by atomic mass is 19.3. The van der Waals surface area contributed by atoms with E-state index >= 15 is 0 Å². The molecule has 1 aromatic carbocycles. The van der Waals surface area contributed by atoms with Crippen molar-refractivity contribution in [3.05, 3.63) is 24.3 Å². The van der Waals surface area contributed by atoms with Crippen LogP contribution in [0, 0.1) is 0 Å². The Labute approximate surface area is 75.2 Å². The van der Waals surface area contributed by atoms with Gasteiger partial charge in [0, 0.05) is 12.6 Å². The number of hydrogen-bond donors (Lipinski definition) is 2. The first-order valence-corrected chi connectivity index (χ1v) is 3.88. The maximum Gasteiger partial charge on any atom is 0.262 e. The number of aromatic hydroxyl groups is 1. The van der Waals surface area contributed by atoms with Gasteiger partial charge in [0.1, 0.15) is 5.75 Å². The van der Waals surface area contributed by atoms with Crippen LogP contribution in [-0.2, 0) is 0 Å². The molecule has 0 atom stereocenters. The molecule has 0 unspecified atom stereocenters. The Morgan fingerprint density at radius 3 is 2.31 bits per heavy atom. The number of nitrogens with one attached hydrogen (secondary N) is 1. The molecular formula is C9H11F2NO. The predicted octanol–water partition coefficient (Wildman–Crippen LogP) is 2.46. The van der Waals surface area contributed by atoms with Crippen LogP contribution < -0.4 is 5.32 Å². The van der Waals surface area contributed by atoms with Crippen LogP contribution in [0.2, 0.25) is 0 Å². The number of hydrogen-bond acceptors (Lipinski definition) is 2. The summed E-state index contributed by atoms with van der Waals surface area (Å²) in [4.78, 5) is 0. The van der Waals surface area contributed by atoms with E-state index in [0.717, 1.165) is 6.92 Å². The van der Waals surface area contributed by atoms with E-state index in [1.165, 1.54) is 12.1 Å². The van der Waals surface area contributed by atoms with Crippen LogP contribution in [0.1, 0.15) is 6.92 Å². The largest absolute Gasteiger partial charge is 0.508 e. The lowest BCUT2D eigenvalue weighted by atomic mass is 10.3. The van der Waals surface area contributed by atoms with E-state index in [0.29, 0.717) is 5.69 Å². The van der Waals surface area contributed by atoms with Gasteiger partial charge in [-0.05, 0) is 24.3 Å². The fourth-order valence-electron chi connectivity index (χ4n) is 0.837. The summed E-state index contributed by atoms with van der Waals surface area (Å²) in [5, 5.41) is 11.5. The molecule has 0 bridgehead atoms. The molecule has 2 N–H and O–H groups in total. The number of rotatable bonds is 3. The molecule has 0 aliphatic rings. The van der Waals surface area contributed by atoms with Gasteiger partial charge < -0.3 is 10.4 Å². The summed E-state index contributed by atoms with van der Waals surface area (Å²) in [6.45, 7) is 0.443. The maximum atomic E-state index is 12.4. The van der Waals surface area contributed by atoms with E-state index in [1.807, 2.05) is 0 Å². The Morgan fingerprint density at radius 1 is 1.31 bits per heavy atom. The lowest BCUT2D eigenvalue weighted by molar-refractivity contribution is 0.0368. The van der Waals surface area contributed by atoms with Crippen molar-refractivity contribution < 1.29 is 13.9 Å². The van der Waals surface area contributed by atoms with Gasteiger partial charge in [-0.2, -0.15) is 0 Å². The summed E-state index contributed by atoms with van der Waals surface area (Å²) in [7, 11) is 0. The molecule has 0 spiro atoms. The third-order valence-corrected chi connectivity index (χ3v) is 1.47. The molecule has 1 aromatic rings. The van der Waals surface area contributed by atoms with Crippen molar-refractivity contribution in [3.63, 3.8) is 0 Å². The standard InChI is InChI=1S/C9H11F2NO/c1-9(10,11)6-12-7-2-4-8(13)5-3-7/h2-5,12-13H,6H2,1H3. The average molecular weight is 187 g/mol. The highest BCUT2D eigenvalue weighted by Gasteiger charge is 2.19. The molecule has 72 valence electrons. The van der Waals surface area contributed by atoms with Gasteiger partial charge in [0.05, 0.1) is 6.54 Å². The quantitative estimate of drug-likeness (QED) is 0.712. The Morgan fingerprint density at radius 2 is 1.85 bits per heavy atom. The minimum absolute atomic E-state index is 0.119. The van der Waals surface area contributed by atoms with E-state index in [9.17, 15) is 8.78 Å². The maximum absolute atomic E-state index is 12.4. The third-order valence-electron chi connectivity index (χ3n) is 1.47. The van der Waals surface area contributed by atoms with Crippen LogP contribution in [0.25, 0.3) is 0 Å². The zero-order valence-corrected chi connectivity index (χ0v) is 7.22. The second-order valence-corrected chi connectivity index (χ2v) is 2.97. The van der Waals surface area contributed by atoms with Crippen LogP contribution in [0.15, 0.2) is 24.3 Å². The first-order chi connectivity index (χ1) is 5.97. The molecule has 1 rings (SSSR count). The van der Waals surface area contributed by atoms with Crippen molar-refractivity contribution in [2.45, 2.75) is 12.8 Å². The summed E-state index contributed by atoms with van der Waals surface area (Å²) in [6, 6.07) is 5.97. The summed E-state index contributed by atoms with van der Waals surface area (Å²) in [6.07, 6.45) is 0. The van der Waals surface area contributed by atoms with Gasteiger partial charge >= 0.3 is 0 Å². The summed E-state index contributed by atoms with van der Waals surface area (Å²) >= 11 is 0. The first kappa shape index (κ1) is 9.77. The van der Waals surface area contributed by atoms with Crippen LogP contribution in [0.5, 0.6) is 5.75 Å². The molecule has 0 heterocycles. The summed E-state index contributed by atoms with van der Waals surface area (Å²) in [5.74, 6) is -2.61. The molecule has 0 aliphatic heterocycles. The van der Waals surface area contributed by atoms with Gasteiger partial charge in [0.2, 0.25) is 0 Å². The predicted molar refractivity (Wildman–Crippen MR) is 47.2 cm³/mol. The van der Waals surface area contributed by atoms with Crippen molar-refractivity contribution in [2.75, 3.05) is 11.9 Å². The van der Waals surface area contributed by atoms with Gasteiger partial charge in [-0.25, -0.2) is 8.78 Å². The molecule has 2 nitrogen and oxygen atoms in total. The van der Waals surface area contributed by atoms with E-state index in [2.05, 4.69) is 5.32 Å². The Kier molecular flexibility index (Phi) is 2.70. The Bertz CT molecular complexity index is 266. The topological polar surface area (TPSA) is 32.3 Å². The molecule has 0 aromatic heterocycles. The average Bonchev–Trinajstić information content (AvgIpc) is 2.02. The lowest BCUT2D eigenvalue weighted by Gasteiger charge is -2.12. The van der Waals surface area contributed by atoms with Crippen LogP contribution >= 0.6 is 0 Å². The Balaban J connectivity index is 2.51. The van der Waals surface area contributed by atoms with E-state index in [1.54, 1.807) is 12.1 Å². The van der Waals surface area contributed by atoms with Gasteiger partial charge in [0.25, 0.3) is 5.92 Å². The fourth-order valence-corrected chi connectivity index (χ4v) is 0.837. The number of anilines is 1. The molecule has 4 heteroatoms. The van der Waals surface area contributed by atoms with Gasteiger partial charge in [0.15, 0.2) is 0 Å². The lowest BCUT2D eigenvalue weighted by Crippen LogP contribution is -2.22. The van der Waals surface area contributed by atoms with Crippen molar-refractivity contribution >= 4 is 5.69 Å². The monoisotopic (exact) mass is 187 g/mol. The Hall–Kier alpha value is -1.32. The minimum Gasteiger partial charge on any atom is -0.508 e. The highest BCUT2D eigenvalue weighted by Crippen LogP contribution is 2.16. The van der Waals surface area contributed by atoms with Crippen LogP contribution in [-0.4, -0.2) is 17.6 Å². The first-order valence-electron chi connectivity index (χ1n) is 3.88. The summed E-state index contributed by atoms with van der Waals surface area (Å²) < 4.78 is 24.8. The molecular weight excluding hydrogens is 176 g/mol. The number of halogens is 2. The fraction of sp³-hybridized carbons (Fsp3) is 0.333. The molecule has 13 heavy (non-hydrogen) atoms. The molecule has 0 fully saturated rings. The van der Waals surface area contributed by atoms with Gasteiger partial charge in [-0.3, -0.25) is 0 Å². The molecule has 0 aliphatic carbocycles. The van der Waals surface area contributed by atoms with Gasteiger partial charge in [-0.15, -0.1) is 0 Å². The molecule has 0 saturated heterocycles. The van der Waals surface area contributed by atoms with Crippen LogP contribution in [0.4, 0.5) is 14.5 Å². The number of benzene rings is 1. The normalized spacial score (nSPS) is 11.3. The van der Waals surface area contributed by atoms with Crippen molar-refractivity contribution in [1.82, 2.24) is 0 Å². The van der Waals surface area contributed by atoms with Crippen molar-refractivity contribution in [1.29, 1.82) is 0 Å². The SMILES string of the molecule is CC(F)(F)CNc1ccc(O)cc1. The van der Waals surface area contributed by atoms with Crippen molar-refractivity contribution in [3.8, 4) is 5.75 Å². The van der Waals surface area contributed by atoms with E-state index < -0.39 is 12.5 Å². The number of phenols is 1. The van der Waals surface area contributed by atoms with Crippen molar-refractivity contribution in [2.24, 2.45) is 0 Å². The van der Waals surface area contributed by atoms with E-state index in [4.69, 9.17) is 5.11 Å². The number of alkyl halides is 2. The minimum atomic E-state index is -2.72. The smallest absolute Gasteiger partial charge is 0.262 e. The molecule has 0 saturated carbocycles. The second-order valence-electron chi connectivity index (χ2n) is 2.97. The van der Waals surface area contributed by atoms with Gasteiger partial charge in [-0.1, -0.05) is 0 Å². The zero-order chi connectivity index (χ0) is 9.90. The van der Waals surface area contributed by atoms with E-state index in [-0.39, 0.29) is 5.75 Å². The summed E-state index contributed by atoms with van der Waals surface area (Å²) in [5.41, 5.74) is 0.569. The van der Waals surface area contributed by atoms with Crippen LogP contribution in [0.3, 0.4) is 0 Å². The molecule has 0 amide bonds. The third kappa shape index (κ3) is 3.73. The molecule has 0 radical (unpaired) electrons. The highest BCUT2D eigenvalue weighted by molar-refractivity contribution is 5.46.